The van der Waals surface area contributed by atoms with Gasteiger partial charge in [-0.1, -0.05) is 11.6 Å². The van der Waals surface area contributed by atoms with Gasteiger partial charge in [0.2, 0.25) is 5.91 Å². The van der Waals surface area contributed by atoms with Crippen molar-refractivity contribution in [3.05, 3.63) is 59.8 Å². The molecular weight excluding hydrogens is 516 g/mol. The summed E-state index contributed by atoms with van der Waals surface area (Å²) in [5.74, 6) is -1.13. The van der Waals surface area contributed by atoms with Crippen molar-refractivity contribution in [3.63, 3.8) is 0 Å². The van der Waals surface area contributed by atoms with Gasteiger partial charge in [-0.3, -0.25) is 14.5 Å². The first kappa shape index (κ1) is 24.2. The predicted molar refractivity (Wildman–Crippen MR) is 137 cm³/mol. The van der Waals surface area contributed by atoms with E-state index >= 15 is 0 Å². The molecule has 1 N–H and O–H groups in total. The van der Waals surface area contributed by atoms with Crippen LogP contribution in [0.1, 0.15) is 18.7 Å². The van der Waals surface area contributed by atoms with Gasteiger partial charge >= 0.3 is 0 Å². The van der Waals surface area contributed by atoms with Crippen LogP contribution in [-0.4, -0.2) is 59.5 Å². The zero-order valence-electron chi connectivity index (χ0n) is 20.3. The Morgan fingerprint density at radius 1 is 1.13 bits per heavy atom. The minimum absolute atomic E-state index is 0.0361. The standard InChI is InChI=1S/C26H22ClF2N7O2/c1-15-32-18-3-2-17(10-20(18)33-15)38-22-5-4-19-25(24(22)27)34-21(12-30-19)16-11-31-36(13-16)14-23(37)35-8-6-26(28,29)7-9-35/h2-5,10-13H,6-9,14H2,1H3,(H,32,33). The molecule has 38 heavy (non-hydrogen) atoms. The van der Waals surface area contributed by atoms with E-state index in [2.05, 4.69) is 25.0 Å². The third-order valence-electron chi connectivity index (χ3n) is 6.49. The summed E-state index contributed by atoms with van der Waals surface area (Å²) in [6.07, 6.45) is 4.20. The number of amides is 1. The molecule has 0 unspecified atom stereocenters. The summed E-state index contributed by atoms with van der Waals surface area (Å²) < 4.78 is 34.3. The lowest BCUT2D eigenvalue weighted by molar-refractivity contribution is -0.138. The number of aryl methyl sites for hydroxylation is 1. The first-order chi connectivity index (χ1) is 18.2. The Morgan fingerprint density at radius 3 is 2.74 bits per heavy atom. The smallest absolute Gasteiger partial charge is 0.251 e. The molecule has 194 valence electrons. The van der Waals surface area contributed by atoms with E-state index in [-0.39, 0.29) is 38.4 Å². The maximum Gasteiger partial charge on any atom is 0.251 e. The quantitative estimate of drug-likeness (QED) is 0.323. The van der Waals surface area contributed by atoms with Crippen molar-refractivity contribution in [2.24, 2.45) is 0 Å². The number of hydrogen-bond acceptors (Lipinski definition) is 6. The van der Waals surface area contributed by atoms with Crippen molar-refractivity contribution in [2.75, 3.05) is 13.1 Å². The molecule has 1 amide bonds. The van der Waals surface area contributed by atoms with E-state index in [9.17, 15) is 13.6 Å². The zero-order chi connectivity index (χ0) is 26.4. The number of rotatable bonds is 5. The SMILES string of the molecule is Cc1nc2ccc(Oc3ccc4ncc(-c5cnn(CC(=O)N6CCC(F)(F)CC6)c5)nc4c3Cl)cc2[nH]1. The molecule has 0 aliphatic carbocycles. The lowest BCUT2D eigenvalue weighted by Crippen LogP contribution is -2.44. The van der Waals surface area contributed by atoms with Crippen LogP contribution >= 0.6 is 11.6 Å². The molecule has 1 fully saturated rings. The Hall–Kier alpha value is -4.12. The molecule has 6 rings (SSSR count). The molecule has 12 heteroatoms. The van der Waals surface area contributed by atoms with Crippen LogP contribution in [0.25, 0.3) is 33.3 Å². The Bertz CT molecular complexity index is 1670. The third kappa shape index (κ3) is 4.76. The van der Waals surface area contributed by atoms with E-state index in [4.69, 9.17) is 16.3 Å². The monoisotopic (exact) mass is 537 g/mol. The van der Waals surface area contributed by atoms with Gasteiger partial charge in [0.1, 0.15) is 34.4 Å². The summed E-state index contributed by atoms with van der Waals surface area (Å²) in [5.41, 5.74) is 3.90. The number of alkyl halides is 2. The number of carbonyl (C=O) groups is 1. The molecule has 0 radical (unpaired) electrons. The number of imidazole rings is 1. The molecule has 0 bridgehead atoms. The molecule has 9 nitrogen and oxygen atoms in total. The zero-order valence-corrected chi connectivity index (χ0v) is 21.0. The molecule has 1 aliphatic rings. The van der Waals surface area contributed by atoms with E-state index in [0.29, 0.717) is 38.8 Å². The fourth-order valence-corrected chi connectivity index (χ4v) is 4.70. The van der Waals surface area contributed by atoms with Crippen LogP contribution in [0, 0.1) is 6.92 Å². The second-order valence-corrected chi connectivity index (χ2v) is 9.65. The number of carbonyl (C=O) groups excluding carboxylic acids is 1. The van der Waals surface area contributed by atoms with Crippen molar-refractivity contribution < 1.29 is 18.3 Å². The third-order valence-corrected chi connectivity index (χ3v) is 6.86. The summed E-state index contributed by atoms with van der Waals surface area (Å²) in [6, 6.07) is 9.04. The lowest BCUT2D eigenvalue weighted by Gasteiger charge is -2.31. The number of H-pyrrole nitrogens is 1. The minimum atomic E-state index is -2.71. The predicted octanol–water partition coefficient (Wildman–Crippen LogP) is 5.38. The molecule has 0 spiro atoms. The van der Waals surface area contributed by atoms with Crippen LogP contribution in [0.2, 0.25) is 5.02 Å². The van der Waals surface area contributed by atoms with Crippen molar-refractivity contribution in [1.29, 1.82) is 0 Å². The first-order valence-electron chi connectivity index (χ1n) is 12.0. The molecule has 2 aromatic carbocycles. The van der Waals surface area contributed by atoms with Crippen LogP contribution in [-0.2, 0) is 11.3 Å². The van der Waals surface area contributed by atoms with E-state index in [0.717, 1.165) is 16.9 Å². The van der Waals surface area contributed by atoms with Gasteiger partial charge in [-0.05, 0) is 31.2 Å². The number of likely N-dealkylation sites (tertiary alicyclic amines) is 1. The summed E-state index contributed by atoms with van der Waals surface area (Å²) in [5, 5.41) is 4.55. The van der Waals surface area contributed by atoms with Crippen LogP contribution in [0.4, 0.5) is 8.78 Å². The maximum atomic E-state index is 13.4. The molecule has 4 heterocycles. The average Bonchev–Trinajstić information content (AvgIpc) is 3.51. The largest absolute Gasteiger partial charge is 0.456 e. The van der Waals surface area contributed by atoms with Gasteiger partial charge in [-0.2, -0.15) is 5.10 Å². The first-order valence-corrected chi connectivity index (χ1v) is 12.4. The summed E-state index contributed by atoms with van der Waals surface area (Å²) in [7, 11) is 0. The van der Waals surface area contributed by atoms with Gasteiger partial charge < -0.3 is 14.6 Å². The van der Waals surface area contributed by atoms with Gasteiger partial charge in [-0.25, -0.2) is 18.7 Å². The lowest BCUT2D eigenvalue weighted by atomic mass is 10.1. The Labute approximate surface area is 220 Å². The van der Waals surface area contributed by atoms with Crippen molar-refractivity contribution in [2.45, 2.75) is 32.2 Å². The van der Waals surface area contributed by atoms with E-state index in [1.54, 1.807) is 30.7 Å². The van der Waals surface area contributed by atoms with Crippen molar-refractivity contribution in [3.8, 4) is 22.8 Å². The molecule has 5 aromatic rings. The van der Waals surface area contributed by atoms with Crippen LogP contribution in [0.3, 0.4) is 0 Å². The molecule has 0 saturated carbocycles. The van der Waals surface area contributed by atoms with E-state index in [1.807, 2.05) is 25.1 Å². The van der Waals surface area contributed by atoms with Gasteiger partial charge in [0, 0.05) is 43.8 Å². The number of ether oxygens (including phenoxy) is 1. The van der Waals surface area contributed by atoms with Crippen LogP contribution in [0.5, 0.6) is 11.5 Å². The number of nitrogens with one attached hydrogen (secondary N) is 1. The topological polar surface area (TPSA) is 102 Å². The highest BCUT2D eigenvalue weighted by Crippen LogP contribution is 2.35. The molecule has 1 saturated heterocycles. The van der Waals surface area contributed by atoms with Crippen molar-refractivity contribution >= 4 is 39.6 Å². The summed E-state index contributed by atoms with van der Waals surface area (Å²) in [4.78, 5) is 30.7. The molecule has 0 atom stereocenters. The normalized spacial score (nSPS) is 15.3. The highest BCUT2D eigenvalue weighted by atomic mass is 35.5. The highest BCUT2D eigenvalue weighted by molar-refractivity contribution is 6.36. The number of aromatic nitrogens is 6. The number of halogens is 3. The number of aromatic amines is 1. The average molecular weight is 538 g/mol. The fraction of sp³-hybridized carbons (Fsp3) is 0.269. The number of nitrogens with zero attached hydrogens (tertiary/aromatic N) is 6. The van der Waals surface area contributed by atoms with Gasteiger partial charge in [0.15, 0.2) is 0 Å². The minimum Gasteiger partial charge on any atom is -0.456 e. The highest BCUT2D eigenvalue weighted by Gasteiger charge is 2.35. The van der Waals surface area contributed by atoms with Crippen LogP contribution < -0.4 is 4.74 Å². The van der Waals surface area contributed by atoms with E-state index < -0.39 is 5.92 Å². The Kier molecular flexibility index (Phi) is 5.94. The number of benzene rings is 2. The van der Waals surface area contributed by atoms with Crippen molar-refractivity contribution in [1.82, 2.24) is 34.6 Å². The second kappa shape index (κ2) is 9.32. The number of hydrogen-bond donors (Lipinski definition) is 1. The van der Waals surface area contributed by atoms with Gasteiger partial charge in [0.25, 0.3) is 5.92 Å². The van der Waals surface area contributed by atoms with Gasteiger partial charge in [0.05, 0.1) is 34.6 Å². The Balaban J connectivity index is 1.21. The number of fused-ring (bicyclic) bond motifs is 2. The van der Waals surface area contributed by atoms with Gasteiger partial charge in [-0.15, -0.1) is 0 Å². The fourth-order valence-electron chi connectivity index (χ4n) is 4.46. The maximum absolute atomic E-state index is 13.4. The summed E-state index contributed by atoms with van der Waals surface area (Å²) in [6.45, 7) is 1.91. The second-order valence-electron chi connectivity index (χ2n) is 9.27. The Morgan fingerprint density at radius 2 is 1.92 bits per heavy atom. The molecular formula is C26H22ClF2N7O2. The molecule has 1 aliphatic heterocycles. The number of piperidine rings is 1. The van der Waals surface area contributed by atoms with E-state index in [1.165, 1.54) is 9.58 Å². The van der Waals surface area contributed by atoms with Crippen LogP contribution in [0.15, 0.2) is 48.9 Å². The molecule has 3 aromatic heterocycles. The summed E-state index contributed by atoms with van der Waals surface area (Å²) >= 11 is 6.68.